The van der Waals surface area contributed by atoms with Crippen LogP contribution in [0.5, 0.6) is 0 Å². The molecule has 1 N–H and O–H groups in total. The zero-order chi connectivity index (χ0) is 24.4. The van der Waals surface area contributed by atoms with E-state index in [1.807, 2.05) is 30.3 Å². The maximum absolute atomic E-state index is 12.8. The lowest BCUT2D eigenvalue weighted by molar-refractivity contribution is -0.123. The van der Waals surface area contributed by atoms with Crippen LogP contribution in [0.15, 0.2) is 60.8 Å². The number of ether oxygens (including phenoxy) is 1. The van der Waals surface area contributed by atoms with Crippen LogP contribution in [0.25, 0.3) is 0 Å². The molecule has 2 heterocycles. The molecule has 10 heteroatoms. The largest absolute Gasteiger partial charge is 0.449 e. The molecule has 1 aliphatic rings. The summed E-state index contributed by atoms with van der Waals surface area (Å²) in [6.45, 7) is 1.49. The van der Waals surface area contributed by atoms with Crippen molar-refractivity contribution >= 4 is 52.7 Å². The maximum atomic E-state index is 12.8. The van der Waals surface area contributed by atoms with Gasteiger partial charge >= 0.3 is 5.97 Å². The number of carbonyl (C=O) groups excluding carboxylic acids is 4. The number of anilines is 1. The highest BCUT2D eigenvalue weighted by atomic mass is 35.5. The number of benzene rings is 2. The van der Waals surface area contributed by atoms with E-state index in [-0.39, 0.29) is 34.1 Å². The SMILES string of the molecule is CC(OC(=O)c1ccc2c(c1)C(=O)N(Cc1ccccc1)C2=O)C(=O)Nc1ncc(Cl)cc1Cl. The molecule has 4 rings (SSSR count). The Bertz CT molecular complexity index is 1310. The van der Waals surface area contributed by atoms with Crippen molar-refractivity contribution in [3.8, 4) is 0 Å². The minimum absolute atomic E-state index is 0.0313. The van der Waals surface area contributed by atoms with Gasteiger partial charge in [-0.1, -0.05) is 53.5 Å². The first kappa shape index (κ1) is 23.4. The molecule has 34 heavy (non-hydrogen) atoms. The average molecular weight is 498 g/mol. The molecule has 2 aromatic carbocycles. The lowest BCUT2D eigenvalue weighted by Crippen LogP contribution is -2.30. The molecule has 3 amide bonds. The Hall–Kier alpha value is -3.75. The number of esters is 1. The molecule has 0 saturated carbocycles. The third-order valence-electron chi connectivity index (χ3n) is 5.09. The number of rotatable bonds is 6. The number of nitrogens with one attached hydrogen (secondary N) is 1. The van der Waals surface area contributed by atoms with Gasteiger partial charge in [-0.15, -0.1) is 0 Å². The van der Waals surface area contributed by atoms with Crippen LogP contribution in [0.4, 0.5) is 5.82 Å². The summed E-state index contributed by atoms with van der Waals surface area (Å²) in [6.07, 6.45) is 0.116. The van der Waals surface area contributed by atoms with Crippen LogP contribution < -0.4 is 5.32 Å². The molecule has 1 unspecified atom stereocenters. The van der Waals surface area contributed by atoms with Gasteiger partial charge in [0.25, 0.3) is 17.7 Å². The number of hydrogen-bond acceptors (Lipinski definition) is 6. The van der Waals surface area contributed by atoms with Gasteiger partial charge in [0.05, 0.1) is 33.3 Å². The smallest absolute Gasteiger partial charge is 0.338 e. The minimum atomic E-state index is -1.19. The Kier molecular flexibility index (Phi) is 6.63. The Morgan fingerprint density at radius 2 is 1.74 bits per heavy atom. The summed E-state index contributed by atoms with van der Waals surface area (Å²) in [5.41, 5.74) is 1.13. The van der Waals surface area contributed by atoms with E-state index in [2.05, 4.69) is 10.3 Å². The van der Waals surface area contributed by atoms with Crippen LogP contribution >= 0.6 is 23.2 Å². The quantitative estimate of drug-likeness (QED) is 0.400. The Balaban J connectivity index is 1.45. The van der Waals surface area contributed by atoms with Crippen LogP contribution in [-0.2, 0) is 16.1 Å². The molecule has 0 bridgehead atoms. The number of amides is 3. The zero-order valence-electron chi connectivity index (χ0n) is 17.7. The second kappa shape index (κ2) is 9.62. The van der Waals surface area contributed by atoms with Crippen LogP contribution in [0, 0.1) is 0 Å². The summed E-state index contributed by atoms with van der Waals surface area (Å²) in [5, 5.41) is 2.88. The normalized spacial score (nSPS) is 13.4. The second-order valence-corrected chi connectivity index (χ2v) is 8.31. The van der Waals surface area contributed by atoms with Gasteiger partial charge in [-0.05, 0) is 36.8 Å². The highest BCUT2D eigenvalue weighted by Gasteiger charge is 2.36. The van der Waals surface area contributed by atoms with Crippen molar-refractivity contribution < 1.29 is 23.9 Å². The lowest BCUT2D eigenvalue weighted by atomic mass is 10.1. The molecule has 0 aliphatic carbocycles. The summed E-state index contributed by atoms with van der Waals surface area (Å²) in [5.74, 6) is -2.37. The van der Waals surface area contributed by atoms with Crippen LogP contribution in [-0.4, -0.2) is 39.7 Å². The predicted octanol–water partition coefficient (Wildman–Crippen LogP) is 4.37. The number of pyridine rings is 1. The molecule has 0 fully saturated rings. The van der Waals surface area contributed by atoms with Crippen molar-refractivity contribution in [3.05, 3.63) is 93.1 Å². The molecular weight excluding hydrogens is 481 g/mol. The van der Waals surface area contributed by atoms with Gasteiger partial charge in [0.2, 0.25) is 0 Å². The zero-order valence-corrected chi connectivity index (χ0v) is 19.3. The fourth-order valence-corrected chi connectivity index (χ4v) is 3.76. The molecule has 8 nitrogen and oxygen atoms in total. The molecule has 172 valence electrons. The van der Waals surface area contributed by atoms with Gasteiger partial charge in [-0.25, -0.2) is 9.78 Å². The van der Waals surface area contributed by atoms with Crippen molar-refractivity contribution in [2.24, 2.45) is 0 Å². The van der Waals surface area contributed by atoms with Gasteiger partial charge in [0.1, 0.15) is 0 Å². The van der Waals surface area contributed by atoms with Crippen LogP contribution in [0.1, 0.15) is 43.6 Å². The summed E-state index contributed by atoms with van der Waals surface area (Å²) in [6, 6.07) is 14.6. The van der Waals surface area contributed by atoms with E-state index < -0.39 is 29.8 Å². The van der Waals surface area contributed by atoms with E-state index in [1.54, 1.807) is 0 Å². The van der Waals surface area contributed by atoms with E-state index in [1.165, 1.54) is 37.4 Å². The molecular formula is C24H17Cl2N3O5. The standard InChI is InChI=1S/C24H17Cl2N3O5/c1-13(21(30)28-20-19(26)10-16(25)11-27-20)34-24(33)15-7-8-17-18(9-15)23(32)29(22(17)31)12-14-5-3-2-4-6-14/h2-11,13H,12H2,1H3,(H,27,28,30). The molecule has 1 atom stereocenters. The van der Waals surface area contributed by atoms with Gasteiger partial charge in [0.15, 0.2) is 11.9 Å². The van der Waals surface area contributed by atoms with Gasteiger partial charge in [-0.3, -0.25) is 19.3 Å². The number of carbonyl (C=O) groups is 4. The molecule has 1 aromatic heterocycles. The Labute approximate surface area is 204 Å². The number of halogens is 2. The lowest BCUT2D eigenvalue weighted by Gasteiger charge is -2.14. The van der Waals surface area contributed by atoms with E-state index in [0.29, 0.717) is 5.02 Å². The minimum Gasteiger partial charge on any atom is -0.449 e. The van der Waals surface area contributed by atoms with E-state index in [9.17, 15) is 19.2 Å². The maximum Gasteiger partial charge on any atom is 0.338 e. The van der Waals surface area contributed by atoms with Crippen molar-refractivity contribution in [2.75, 3.05) is 5.32 Å². The summed E-state index contributed by atoms with van der Waals surface area (Å²) >= 11 is 11.8. The second-order valence-electron chi connectivity index (χ2n) is 7.46. The fourth-order valence-electron chi connectivity index (χ4n) is 3.33. The van der Waals surface area contributed by atoms with E-state index in [0.717, 1.165) is 10.5 Å². The number of hydrogen-bond donors (Lipinski definition) is 1. The monoisotopic (exact) mass is 497 g/mol. The average Bonchev–Trinajstić information content (AvgIpc) is 3.05. The third kappa shape index (κ3) is 4.78. The predicted molar refractivity (Wildman–Crippen MR) is 125 cm³/mol. The molecule has 0 saturated heterocycles. The fraction of sp³-hybridized carbons (Fsp3) is 0.125. The third-order valence-corrected chi connectivity index (χ3v) is 5.59. The van der Waals surface area contributed by atoms with Crippen LogP contribution in [0.2, 0.25) is 10.0 Å². The first-order valence-corrected chi connectivity index (χ1v) is 10.9. The van der Waals surface area contributed by atoms with Gasteiger partial charge in [-0.2, -0.15) is 0 Å². The van der Waals surface area contributed by atoms with Gasteiger partial charge in [0, 0.05) is 6.20 Å². The highest BCUT2D eigenvalue weighted by molar-refractivity contribution is 6.36. The van der Waals surface area contributed by atoms with Crippen molar-refractivity contribution in [1.29, 1.82) is 0 Å². The number of imide groups is 1. The van der Waals surface area contributed by atoms with Crippen molar-refractivity contribution in [3.63, 3.8) is 0 Å². The summed E-state index contributed by atoms with van der Waals surface area (Å²) < 4.78 is 5.22. The number of nitrogens with zero attached hydrogens (tertiary/aromatic N) is 2. The Morgan fingerprint density at radius 1 is 1.03 bits per heavy atom. The van der Waals surface area contributed by atoms with Crippen LogP contribution in [0.3, 0.4) is 0 Å². The number of fused-ring (bicyclic) bond motifs is 1. The highest BCUT2D eigenvalue weighted by Crippen LogP contribution is 2.26. The first-order chi connectivity index (χ1) is 16.2. The van der Waals surface area contributed by atoms with E-state index in [4.69, 9.17) is 27.9 Å². The van der Waals surface area contributed by atoms with Gasteiger partial charge < -0.3 is 10.1 Å². The topological polar surface area (TPSA) is 106 Å². The molecule has 0 radical (unpaired) electrons. The molecule has 3 aromatic rings. The summed E-state index contributed by atoms with van der Waals surface area (Å²) in [4.78, 5) is 55.6. The first-order valence-electron chi connectivity index (χ1n) is 10.1. The van der Waals surface area contributed by atoms with Crippen molar-refractivity contribution in [2.45, 2.75) is 19.6 Å². The van der Waals surface area contributed by atoms with Crippen molar-refractivity contribution in [1.82, 2.24) is 9.88 Å². The summed E-state index contributed by atoms with van der Waals surface area (Å²) in [7, 11) is 0. The number of aromatic nitrogens is 1. The molecule has 0 spiro atoms. The Morgan fingerprint density at radius 3 is 2.44 bits per heavy atom. The van der Waals surface area contributed by atoms with E-state index >= 15 is 0 Å². The molecule has 1 aliphatic heterocycles.